The Hall–Kier alpha value is -2.91. The molecule has 0 bridgehead atoms. The monoisotopic (exact) mass is 540 g/mol. The van der Waals surface area contributed by atoms with Gasteiger partial charge in [-0.05, 0) is 86.0 Å². The van der Waals surface area contributed by atoms with Crippen molar-refractivity contribution >= 4 is 55.7 Å². The summed E-state index contributed by atoms with van der Waals surface area (Å²) in [6.07, 6.45) is 3.35. The summed E-state index contributed by atoms with van der Waals surface area (Å²) >= 11 is 4.82. The van der Waals surface area contributed by atoms with E-state index in [2.05, 4.69) is 39.9 Å². The third kappa shape index (κ3) is 5.42. The van der Waals surface area contributed by atoms with Crippen LogP contribution in [0.25, 0.3) is 6.08 Å². The number of nitrogens with zero attached hydrogens (tertiary/aromatic N) is 3. The van der Waals surface area contributed by atoms with Gasteiger partial charge >= 0.3 is 0 Å². The number of aliphatic imine (C=N–C) groups is 1. The van der Waals surface area contributed by atoms with E-state index in [1.54, 1.807) is 6.08 Å². The van der Waals surface area contributed by atoms with Crippen LogP contribution in [-0.2, 0) is 4.79 Å². The van der Waals surface area contributed by atoms with Gasteiger partial charge < -0.3 is 9.47 Å². The number of amidine groups is 2. The lowest BCUT2D eigenvalue weighted by atomic mass is 10.1. The van der Waals surface area contributed by atoms with E-state index in [0.717, 1.165) is 28.1 Å². The highest BCUT2D eigenvalue weighted by molar-refractivity contribution is 9.10. The summed E-state index contributed by atoms with van der Waals surface area (Å²) in [6.45, 7) is 6.87. The molecule has 0 spiro atoms. The largest absolute Gasteiger partial charge is 0.490 e. The maximum absolute atomic E-state index is 12.7. The lowest BCUT2D eigenvalue weighted by molar-refractivity contribution is -0.114. The van der Waals surface area contributed by atoms with Gasteiger partial charge in [0, 0.05) is 10.0 Å². The molecule has 7 nitrogen and oxygen atoms in total. The fourth-order valence-electron chi connectivity index (χ4n) is 3.38. The number of amides is 1. The molecule has 9 heteroatoms. The first-order valence-corrected chi connectivity index (χ1v) is 12.6. The number of benzene rings is 2. The minimum atomic E-state index is -0.458. The molecule has 2 aromatic rings. The van der Waals surface area contributed by atoms with Crippen LogP contribution in [0, 0.1) is 19.3 Å². The van der Waals surface area contributed by atoms with Crippen molar-refractivity contribution in [3.8, 4) is 11.5 Å². The summed E-state index contributed by atoms with van der Waals surface area (Å²) in [6, 6.07) is 11.5. The molecule has 0 aliphatic carbocycles. The van der Waals surface area contributed by atoms with Crippen LogP contribution in [0.4, 0.5) is 0 Å². The quantitative estimate of drug-likeness (QED) is 0.330. The van der Waals surface area contributed by atoms with E-state index in [-0.39, 0.29) is 11.4 Å². The van der Waals surface area contributed by atoms with E-state index in [0.29, 0.717) is 29.7 Å². The zero-order valence-corrected chi connectivity index (χ0v) is 21.6. The smallest absolute Gasteiger partial charge is 0.283 e. The van der Waals surface area contributed by atoms with E-state index in [1.807, 2.05) is 43.3 Å². The van der Waals surface area contributed by atoms with Gasteiger partial charge in [-0.25, -0.2) is 0 Å². The highest BCUT2D eigenvalue weighted by Gasteiger charge is 2.35. The van der Waals surface area contributed by atoms with Gasteiger partial charge in [-0.15, -0.1) is 0 Å². The van der Waals surface area contributed by atoms with E-state index in [1.165, 1.54) is 27.9 Å². The lowest BCUT2D eigenvalue weighted by Crippen LogP contribution is -2.35. The van der Waals surface area contributed by atoms with Gasteiger partial charge in [0.2, 0.25) is 5.17 Å². The first kappa shape index (κ1) is 24.2. The standard InChI is InChI=1S/C25H25BrN4O3S/c1-4-5-22-29-30-23(27)20(24(31)28-25(30)34-22)14-17-13-18(26)7-9-21(17)33-11-10-32-19-8-6-15(2)16(3)12-19/h6-9,12-14,27H,4-5,10-11H2,1-3H3/b20-14-,27-23?. The van der Waals surface area contributed by atoms with Crippen LogP contribution in [0.5, 0.6) is 11.5 Å². The number of carbonyl (C=O) groups is 1. The molecule has 4 rings (SSSR count). The second kappa shape index (κ2) is 10.6. The molecule has 1 amide bonds. The maximum atomic E-state index is 12.7. The number of halogens is 1. The Kier molecular flexibility index (Phi) is 7.53. The minimum absolute atomic E-state index is 0.0117. The van der Waals surface area contributed by atoms with Crippen molar-refractivity contribution in [2.24, 2.45) is 10.1 Å². The summed E-state index contributed by atoms with van der Waals surface area (Å²) in [5.41, 5.74) is 3.22. The molecular formula is C25H25BrN4O3S. The zero-order chi connectivity index (χ0) is 24.2. The third-order valence-electron chi connectivity index (χ3n) is 5.32. The Morgan fingerprint density at radius 1 is 1.12 bits per heavy atom. The Balaban J connectivity index is 1.49. The molecule has 0 aromatic heterocycles. The number of aryl methyl sites for hydroxylation is 2. The Bertz CT molecular complexity index is 1240. The van der Waals surface area contributed by atoms with Crippen molar-refractivity contribution < 1.29 is 14.3 Å². The molecule has 0 saturated heterocycles. The molecule has 0 unspecified atom stereocenters. The molecule has 2 heterocycles. The van der Waals surface area contributed by atoms with Gasteiger partial charge in [-0.1, -0.05) is 28.9 Å². The van der Waals surface area contributed by atoms with E-state index in [9.17, 15) is 4.79 Å². The van der Waals surface area contributed by atoms with Crippen LogP contribution in [-0.4, -0.2) is 40.2 Å². The van der Waals surface area contributed by atoms with Crippen LogP contribution in [0.3, 0.4) is 0 Å². The van der Waals surface area contributed by atoms with E-state index in [4.69, 9.17) is 14.9 Å². The number of hydrogen-bond donors (Lipinski definition) is 1. The van der Waals surface area contributed by atoms with Crippen LogP contribution in [0.15, 0.2) is 56.5 Å². The van der Waals surface area contributed by atoms with Crippen LogP contribution < -0.4 is 9.47 Å². The van der Waals surface area contributed by atoms with Crippen LogP contribution in [0.2, 0.25) is 0 Å². The first-order valence-electron chi connectivity index (χ1n) is 11.0. The highest BCUT2D eigenvalue weighted by Crippen LogP contribution is 2.32. The molecule has 2 aromatic carbocycles. The Morgan fingerprint density at radius 2 is 1.91 bits per heavy atom. The van der Waals surface area contributed by atoms with Crippen LogP contribution in [0.1, 0.15) is 36.5 Å². The molecule has 0 fully saturated rings. The van der Waals surface area contributed by atoms with Gasteiger partial charge in [-0.2, -0.15) is 15.1 Å². The minimum Gasteiger partial charge on any atom is -0.490 e. The predicted molar refractivity (Wildman–Crippen MR) is 141 cm³/mol. The predicted octanol–water partition coefficient (Wildman–Crippen LogP) is 5.94. The van der Waals surface area contributed by atoms with Crippen LogP contribution >= 0.6 is 27.7 Å². The Morgan fingerprint density at radius 3 is 2.68 bits per heavy atom. The van der Waals surface area contributed by atoms with E-state index >= 15 is 0 Å². The Labute approximate surface area is 211 Å². The number of ether oxygens (including phenoxy) is 2. The molecule has 2 aliphatic rings. The van der Waals surface area contributed by atoms with Gasteiger partial charge in [0.15, 0.2) is 5.84 Å². The SMILES string of the molecule is CCCC1=NN2C(=N)/C(=C/c3cc(Br)ccc3OCCOc3ccc(C)c(C)c3)C(=O)N=C2S1. The molecule has 176 valence electrons. The van der Waals surface area contributed by atoms with Crippen molar-refractivity contribution in [2.45, 2.75) is 33.6 Å². The van der Waals surface area contributed by atoms with Gasteiger partial charge in [-0.3, -0.25) is 10.2 Å². The molecule has 0 atom stereocenters. The number of rotatable bonds is 8. The van der Waals surface area contributed by atoms with Crippen molar-refractivity contribution in [3.63, 3.8) is 0 Å². The van der Waals surface area contributed by atoms with Crippen molar-refractivity contribution in [2.75, 3.05) is 13.2 Å². The number of hydrogen-bond acceptors (Lipinski definition) is 6. The number of thioether (sulfide) groups is 1. The maximum Gasteiger partial charge on any atom is 0.283 e. The first-order chi connectivity index (χ1) is 16.4. The molecule has 34 heavy (non-hydrogen) atoms. The molecule has 2 aliphatic heterocycles. The summed E-state index contributed by atoms with van der Waals surface area (Å²) in [7, 11) is 0. The molecule has 1 N–H and O–H groups in total. The van der Waals surface area contributed by atoms with Gasteiger partial charge in [0.05, 0.1) is 5.57 Å². The van der Waals surface area contributed by atoms with Gasteiger partial charge in [0.25, 0.3) is 5.91 Å². The zero-order valence-electron chi connectivity index (χ0n) is 19.2. The summed E-state index contributed by atoms with van der Waals surface area (Å²) < 4.78 is 12.6. The number of nitrogens with one attached hydrogen (secondary N) is 1. The lowest BCUT2D eigenvalue weighted by Gasteiger charge is -2.20. The van der Waals surface area contributed by atoms with Crippen molar-refractivity contribution in [1.29, 1.82) is 5.41 Å². The number of fused-ring (bicyclic) bond motifs is 1. The van der Waals surface area contributed by atoms with E-state index < -0.39 is 5.91 Å². The van der Waals surface area contributed by atoms with Crippen molar-refractivity contribution in [1.82, 2.24) is 5.01 Å². The average molecular weight is 541 g/mol. The molecule has 0 radical (unpaired) electrons. The fourth-order valence-corrected chi connectivity index (χ4v) is 4.75. The second-order valence-corrected chi connectivity index (χ2v) is 9.85. The fraction of sp³-hybridized carbons (Fsp3) is 0.280. The van der Waals surface area contributed by atoms with Crippen molar-refractivity contribution in [3.05, 3.63) is 63.1 Å². The average Bonchev–Trinajstić information content (AvgIpc) is 3.20. The third-order valence-corrected chi connectivity index (χ3v) is 6.78. The summed E-state index contributed by atoms with van der Waals surface area (Å²) in [5, 5.41) is 15.7. The number of hydrazone groups is 1. The molecular weight excluding hydrogens is 516 g/mol. The topological polar surface area (TPSA) is 87.3 Å². The highest BCUT2D eigenvalue weighted by atomic mass is 79.9. The normalized spacial score (nSPS) is 16.5. The number of carbonyl (C=O) groups excluding carboxylic acids is 1. The molecule has 0 saturated carbocycles. The second-order valence-electron chi connectivity index (χ2n) is 7.89. The summed E-state index contributed by atoms with van der Waals surface area (Å²) in [5.74, 6) is 0.935. The summed E-state index contributed by atoms with van der Waals surface area (Å²) in [4.78, 5) is 16.9. The van der Waals surface area contributed by atoms with Gasteiger partial charge in [0.1, 0.15) is 29.8 Å².